The second kappa shape index (κ2) is 8.63. The van der Waals surface area contributed by atoms with E-state index in [2.05, 4.69) is 122 Å². The van der Waals surface area contributed by atoms with Crippen LogP contribution in [0, 0.1) is 27.7 Å². The van der Waals surface area contributed by atoms with Crippen LogP contribution in [0.4, 0.5) is 28.4 Å². The first kappa shape index (κ1) is 24.3. The zero-order valence-corrected chi connectivity index (χ0v) is 25.1. The Labute approximate surface area is 247 Å². The fourth-order valence-electron chi connectivity index (χ4n) is 6.76. The molecule has 9 rings (SSSR count). The summed E-state index contributed by atoms with van der Waals surface area (Å²) in [5.41, 5.74) is 10.8. The number of hydrogen-bond donors (Lipinski definition) is 0. The van der Waals surface area contributed by atoms with Gasteiger partial charge in [0.15, 0.2) is 0 Å². The Morgan fingerprint density at radius 3 is 1.57 bits per heavy atom. The van der Waals surface area contributed by atoms with Crippen LogP contribution in [0.2, 0.25) is 0 Å². The van der Waals surface area contributed by atoms with Gasteiger partial charge in [0, 0.05) is 31.4 Å². The minimum Gasteiger partial charge on any atom is -0.456 e. The second-order valence-electron chi connectivity index (χ2n) is 12.2. The van der Waals surface area contributed by atoms with E-state index in [1.165, 1.54) is 56.8 Å². The van der Waals surface area contributed by atoms with Gasteiger partial charge in [0.25, 0.3) is 0 Å². The van der Waals surface area contributed by atoms with Crippen LogP contribution in [0.25, 0.3) is 0 Å². The van der Waals surface area contributed by atoms with Gasteiger partial charge in [-0.3, -0.25) is 0 Å². The molecule has 0 N–H and O–H groups in total. The van der Waals surface area contributed by atoms with Gasteiger partial charge < -0.3 is 19.3 Å². The number of benzene rings is 5. The van der Waals surface area contributed by atoms with Crippen molar-refractivity contribution < 1.29 is 9.47 Å². The molecule has 0 aromatic heterocycles. The van der Waals surface area contributed by atoms with Crippen molar-refractivity contribution in [2.75, 3.05) is 9.80 Å². The summed E-state index contributed by atoms with van der Waals surface area (Å²) in [6.07, 6.45) is 2.39. The largest absolute Gasteiger partial charge is 0.456 e. The standard InChI is InChI=1S/C37H31N2O2P/c1-21-5-9-25(10-6-21)38(26-11-7-22(2)8-12-26)28-19-30-36-34(20-28)41-33-18-24(4)17-32-37(33)42(36)35-29(39(30)27-13-14-27)15-23(3)16-31(35)40-32/h5-12,15-20,27H,13-14H2,1-4H3. The molecule has 5 aromatic carbocycles. The average Bonchev–Trinajstić information content (AvgIpc) is 3.80. The van der Waals surface area contributed by atoms with Gasteiger partial charge in [-0.2, -0.15) is 0 Å². The van der Waals surface area contributed by atoms with Crippen molar-refractivity contribution >= 4 is 52.3 Å². The van der Waals surface area contributed by atoms with Crippen molar-refractivity contribution in [1.82, 2.24) is 0 Å². The van der Waals surface area contributed by atoms with Gasteiger partial charge >= 0.3 is 0 Å². The molecule has 0 spiro atoms. The highest BCUT2D eigenvalue weighted by molar-refractivity contribution is 7.81. The molecule has 1 saturated carbocycles. The Kier molecular flexibility index (Phi) is 5.00. The summed E-state index contributed by atoms with van der Waals surface area (Å²) in [6.45, 7) is 8.59. The topological polar surface area (TPSA) is 24.9 Å². The highest BCUT2D eigenvalue weighted by Crippen LogP contribution is 2.61. The van der Waals surface area contributed by atoms with Crippen LogP contribution in [0.3, 0.4) is 0 Å². The molecule has 4 nitrogen and oxygen atoms in total. The maximum Gasteiger partial charge on any atom is 0.139 e. The van der Waals surface area contributed by atoms with Crippen LogP contribution in [0.5, 0.6) is 23.0 Å². The number of anilines is 5. The van der Waals surface area contributed by atoms with Gasteiger partial charge in [0.05, 0.1) is 33.0 Å². The molecule has 42 heavy (non-hydrogen) atoms. The molecule has 3 heterocycles. The molecule has 1 aliphatic carbocycles. The number of ether oxygens (including phenoxy) is 2. The lowest BCUT2D eigenvalue weighted by molar-refractivity contribution is 0.465. The molecule has 0 amide bonds. The first-order chi connectivity index (χ1) is 20.4. The molecule has 0 radical (unpaired) electrons. The van der Waals surface area contributed by atoms with Gasteiger partial charge in [-0.15, -0.1) is 0 Å². The number of rotatable bonds is 4. The van der Waals surface area contributed by atoms with E-state index >= 15 is 0 Å². The minimum atomic E-state index is -0.811. The fourth-order valence-corrected chi connectivity index (χ4v) is 9.56. The molecular formula is C37H31N2O2P. The second-order valence-corrected chi connectivity index (χ2v) is 14.2. The summed E-state index contributed by atoms with van der Waals surface area (Å²) >= 11 is 0. The predicted molar refractivity (Wildman–Crippen MR) is 174 cm³/mol. The normalized spacial score (nSPS) is 16.9. The predicted octanol–water partition coefficient (Wildman–Crippen LogP) is 8.97. The summed E-state index contributed by atoms with van der Waals surface area (Å²) in [6, 6.07) is 31.8. The molecule has 5 aromatic rings. The SMILES string of the molecule is Cc1ccc(N(c2ccc(C)cc2)c2cc3c4c(c2)N(C2CC2)c2cc(C)cc5c2P4c2c(cc(C)cc2O3)O5)cc1. The summed E-state index contributed by atoms with van der Waals surface area (Å²) < 4.78 is 13.5. The molecule has 0 bridgehead atoms. The maximum atomic E-state index is 6.89. The Morgan fingerprint density at radius 2 is 1.02 bits per heavy atom. The Morgan fingerprint density at radius 1 is 0.548 bits per heavy atom. The van der Waals surface area contributed by atoms with E-state index in [0.29, 0.717) is 6.04 Å². The Balaban J connectivity index is 1.34. The summed E-state index contributed by atoms with van der Waals surface area (Å²) in [5, 5.41) is 3.89. The summed E-state index contributed by atoms with van der Waals surface area (Å²) in [7, 11) is -0.811. The lowest BCUT2D eigenvalue weighted by Crippen LogP contribution is -2.42. The lowest BCUT2D eigenvalue weighted by atomic mass is 10.1. The molecule has 1 unspecified atom stereocenters. The third-order valence-corrected chi connectivity index (χ3v) is 11.5. The van der Waals surface area contributed by atoms with E-state index in [1.807, 2.05) is 0 Å². The summed E-state index contributed by atoms with van der Waals surface area (Å²) in [5.74, 6) is 3.85. The highest BCUT2D eigenvalue weighted by Gasteiger charge is 2.48. The molecular weight excluding hydrogens is 535 g/mol. The monoisotopic (exact) mass is 566 g/mol. The van der Waals surface area contributed by atoms with E-state index in [1.54, 1.807) is 0 Å². The third-order valence-electron chi connectivity index (χ3n) is 8.81. The van der Waals surface area contributed by atoms with Crippen molar-refractivity contribution in [2.24, 2.45) is 0 Å². The van der Waals surface area contributed by atoms with E-state index in [0.717, 1.165) is 45.6 Å². The van der Waals surface area contributed by atoms with E-state index in [9.17, 15) is 0 Å². The van der Waals surface area contributed by atoms with E-state index < -0.39 is 7.92 Å². The van der Waals surface area contributed by atoms with Gasteiger partial charge in [-0.1, -0.05) is 35.4 Å². The zero-order chi connectivity index (χ0) is 28.3. The Bertz CT molecular complexity index is 1900. The minimum absolute atomic E-state index is 0.486. The van der Waals surface area contributed by atoms with Crippen molar-refractivity contribution in [3.8, 4) is 23.0 Å². The molecule has 3 aliphatic heterocycles. The molecule has 4 aliphatic rings. The fraction of sp³-hybridized carbons (Fsp3) is 0.189. The van der Waals surface area contributed by atoms with Crippen LogP contribution < -0.4 is 35.2 Å². The quantitative estimate of drug-likeness (QED) is 0.199. The van der Waals surface area contributed by atoms with Crippen LogP contribution in [0.15, 0.2) is 84.9 Å². The summed E-state index contributed by atoms with van der Waals surface area (Å²) in [4.78, 5) is 4.97. The first-order valence-electron chi connectivity index (χ1n) is 14.8. The Hall–Kier alpha value is -4.27. The third kappa shape index (κ3) is 3.51. The zero-order valence-electron chi connectivity index (χ0n) is 24.2. The molecule has 1 fully saturated rings. The van der Waals surface area contributed by atoms with Crippen molar-refractivity contribution in [1.29, 1.82) is 0 Å². The van der Waals surface area contributed by atoms with Gasteiger partial charge in [0.2, 0.25) is 0 Å². The highest BCUT2D eigenvalue weighted by atomic mass is 31.1. The van der Waals surface area contributed by atoms with Gasteiger partial charge in [-0.25, -0.2) is 0 Å². The van der Waals surface area contributed by atoms with Crippen LogP contribution in [0.1, 0.15) is 35.1 Å². The van der Waals surface area contributed by atoms with E-state index in [4.69, 9.17) is 9.47 Å². The van der Waals surface area contributed by atoms with Crippen LogP contribution in [-0.2, 0) is 0 Å². The van der Waals surface area contributed by atoms with E-state index in [-0.39, 0.29) is 0 Å². The molecule has 0 saturated heterocycles. The molecule has 5 heteroatoms. The van der Waals surface area contributed by atoms with Gasteiger partial charge in [-0.05, 0) is 106 Å². The maximum absolute atomic E-state index is 6.89. The van der Waals surface area contributed by atoms with Crippen molar-refractivity contribution in [2.45, 2.75) is 46.6 Å². The van der Waals surface area contributed by atoms with Crippen molar-refractivity contribution in [3.05, 3.63) is 107 Å². The molecule has 1 atom stereocenters. The van der Waals surface area contributed by atoms with Crippen LogP contribution in [-0.4, -0.2) is 6.04 Å². The first-order valence-corrected chi connectivity index (χ1v) is 16.1. The van der Waals surface area contributed by atoms with Crippen LogP contribution >= 0.6 is 7.92 Å². The lowest BCUT2D eigenvalue weighted by Gasteiger charge is -2.45. The smallest absolute Gasteiger partial charge is 0.139 e. The number of aryl methyl sites for hydroxylation is 4. The molecule has 206 valence electrons. The van der Waals surface area contributed by atoms with Gasteiger partial charge in [0.1, 0.15) is 23.0 Å². The number of hydrogen-bond acceptors (Lipinski definition) is 4. The average molecular weight is 567 g/mol. The number of nitrogens with zero attached hydrogens (tertiary/aromatic N) is 2. The van der Waals surface area contributed by atoms with Crippen molar-refractivity contribution in [3.63, 3.8) is 0 Å².